The Balaban J connectivity index is 2.58. The van der Waals surface area contributed by atoms with Gasteiger partial charge in [0.05, 0.1) is 7.11 Å². The number of halogens is 1. The highest BCUT2D eigenvalue weighted by Crippen LogP contribution is 2.25. The van der Waals surface area contributed by atoms with Crippen LogP contribution in [0.1, 0.15) is 0 Å². The maximum atomic E-state index is 13.6. The second kappa shape index (κ2) is 4.18. The van der Waals surface area contributed by atoms with E-state index in [1.165, 1.54) is 31.5 Å². The van der Waals surface area contributed by atoms with Crippen molar-refractivity contribution < 1.29 is 9.13 Å². The lowest BCUT2D eigenvalue weighted by molar-refractivity contribution is 0.414. The number of benzene rings is 1. The van der Waals surface area contributed by atoms with E-state index < -0.39 is 0 Å². The van der Waals surface area contributed by atoms with Gasteiger partial charge in [-0.3, -0.25) is 4.79 Å². The summed E-state index contributed by atoms with van der Waals surface area (Å²) in [5, 5.41) is 0. The number of pyridine rings is 1. The van der Waals surface area contributed by atoms with E-state index in [9.17, 15) is 9.18 Å². The third-order valence-corrected chi connectivity index (χ3v) is 2.26. The van der Waals surface area contributed by atoms with Gasteiger partial charge in [0.15, 0.2) is 0 Å². The first kappa shape index (κ1) is 10.4. The molecule has 1 heterocycles. The number of rotatable bonds is 2. The summed E-state index contributed by atoms with van der Waals surface area (Å²) in [5.41, 5.74) is 0.616. The van der Waals surface area contributed by atoms with Crippen molar-refractivity contribution >= 4 is 0 Å². The molecule has 0 saturated heterocycles. The Hall–Kier alpha value is -2.10. The normalized spacial score (nSPS) is 10.1. The number of nitrogens with one attached hydrogen (secondary N) is 1. The molecule has 0 bridgehead atoms. The Bertz CT molecular complexity index is 563. The fourth-order valence-corrected chi connectivity index (χ4v) is 1.46. The van der Waals surface area contributed by atoms with E-state index in [1.807, 2.05) is 0 Å². The zero-order chi connectivity index (χ0) is 11.5. The number of aromatic amines is 1. The molecule has 0 unspecified atom stereocenters. The standard InChI is InChI=1S/C12H10FNO2/c1-16-9-2-3-11(13)10(7-9)8-4-5-14-12(15)6-8/h2-7H,1H3,(H,14,15). The summed E-state index contributed by atoms with van der Waals surface area (Å²) in [7, 11) is 1.51. The van der Waals surface area contributed by atoms with Crippen LogP contribution < -0.4 is 10.3 Å². The third-order valence-electron chi connectivity index (χ3n) is 2.26. The van der Waals surface area contributed by atoms with Crippen LogP contribution in [0.2, 0.25) is 0 Å². The highest BCUT2D eigenvalue weighted by molar-refractivity contribution is 5.65. The zero-order valence-corrected chi connectivity index (χ0v) is 8.66. The van der Waals surface area contributed by atoms with E-state index in [0.717, 1.165) is 0 Å². The van der Waals surface area contributed by atoms with Crippen LogP contribution in [0.3, 0.4) is 0 Å². The quantitative estimate of drug-likeness (QED) is 0.841. The van der Waals surface area contributed by atoms with Crippen molar-refractivity contribution in [3.63, 3.8) is 0 Å². The van der Waals surface area contributed by atoms with Crippen LogP contribution in [-0.4, -0.2) is 12.1 Å². The van der Waals surface area contributed by atoms with Crippen LogP contribution >= 0.6 is 0 Å². The Kier molecular flexibility index (Phi) is 2.72. The first-order valence-corrected chi connectivity index (χ1v) is 4.73. The zero-order valence-electron chi connectivity index (χ0n) is 8.66. The SMILES string of the molecule is COc1ccc(F)c(-c2cc[nH]c(=O)c2)c1. The molecule has 0 fully saturated rings. The summed E-state index contributed by atoms with van der Waals surface area (Å²) < 4.78 is 18.6. The average Bonchev–Trinajstić information content (AvgIpc) is 2.30. The molecule has 0 aliphatic heterocycles. The van der Waals surface area contributed by atoms with E-state index in [1.54, 1.807) is 12.1 Å². The molecule has 2 rings (SSSR count). The van der Waals surface area contributed by atoms with Crippen molar-refractivity contribution in [3.05, 3.63) is 52.7 Å². The first-order valence-electron chi connectivity index (χ1n) is 4.73. The van der Waals surface area contributed by atoms with Gasteiger partial charge in [-0.2, -0.15) is 0 Å². The summed E-state index contributed by atoms with van der Waals surface area (Å²) >= 11 is 0. The Morgan fingerprint density at radius 3 is 2.75 bits per heavy atom. The van der Waals surface area contributed by atoms with Gasteiger partial charge in [0, 0.05) is 17.8 Å². The summed E-state index contributed by atoms with van der Waals surface area (Å²) in [6.07, 6.45) is 1.48. The van der Waals surface area contributed by atoms with Crippen LogP contribution in [0, 0.1) is 5.82 Å². The molecule has 0 saturated carbocycles. The van der Waals surface area contributed by atoms with Gasteiger partial charge >= 0.3 is 0 Å². The van der Waals surface area contributed by atoms with Gasteiger partial charge < -0.3 is 9.72 Å². The minimum atomic E-state index is -0.383. The van der Waals surface area contributed by atoms with Gasteiger partial charge in [0.25, 0.3) is 0 Å². The summed E-state index contributed by atoms with van der Waals surface area (Å²) in [6.45, 7) is 0. The molecule has 0 amide bonds. The Morgan fingerprint density at radius 2 is 2.06 bits per heavy atom. The second-order valence-corrected chi connectivity index (χ2v) is 3.29. The summed E-state index contributed by atoms with van der Waals surface area (Å²) in [6, 6.07) is 7.39. The molecule has 0 atom stereocenters. The molecule has 0 aliphatic rings. The molecule has 2 aromatic rings. The highest BCUT2D eigenvalue weighted by Gasteiger charge is 2.06. The molecule has 0 aliphatic carbocycles. The number of ether oxygens (including phenoxy) is 1. The van der Waals surface area contributed by atoms with E-state index in [2.05, 4.69) is 4.98 Å². The predicted octanol–water partition coefficient (Wildman–Crippen LogP) is 2.19. The van der Waals surface area contributed by atoms with Gasteiger partial charge in [-0.15, -0.1) is 0 Å². The molecular weight excluding hydrogens is 209 g/mol. The van der Waals surface area contributed by atoms with Crippen LogP contribution in [-0.2, 0) is 0 Å². The topological polar surface area (TPSA) is 42.1 Å². The Morgan fingerprint density at radius 1 is 1.25 bits per heavy atom. The fourth-order valence-electron chi connectivity index (χ4n) is 1.46. The smallest absolute Gasteiger partial charge is 0.248 e. The molecule has 16 heavy (non-hydrogen) atoms. The fraction of sp³-hybridized carbons (Fsp3) is 0.0833. The van der Waals surface area contributed by atoms with E-state index in [-0.39, 0.29) is 11.4 Å². The molecule has 1 N–H and O–H groups in total. The third kappa shape index (κ3) is 1.95. The van der Waals surface area contributed by atoms with E-state index >= 15 is 0 Å². The maximum Gasteiger partial charge on any atom is 0.248 e. The van der Waals surface area contributed by atoms with Gasteiger partial charge in [0.2, 0.25) is 5.56 Å². The van der Waals surface area contributed by atoms with Crippen LogP contribution in [0.25, 0.3) is 11.1 Å². The number of methoxy groups -OCH3 is 1. The van der Waals surface area contributed by atoms with E-state index in [4.69, 9.17) is 4.74 Å². The first-order chi connectivity index (χ1) is 7.70. The number of aromatic nitrogens is 1. The van der Waals surface area contributed by atoms with Gasteiger partial charge in [0.1, 0.15) is 11.6 Å². The lowest BCUT2D eigenvalue weighted by Crippen LogP contribution is -2.02. The molecule has 82 valence electrons. The predicted molar refractivity (Wildman–Crippen MR) is 59.0 cm³/mol. The lowest BCUT2D eigenvalue weighted by atomic mass is 10.1. The monoisotopic (exact) mass is 219 g/mol. The molecular formula is C12H10FNO2. The molecule has 0 spiro atoms. The highest BCUT2D eigenvalue weighted by atomic mass is 19.1. The van der Waals surface area contributed by atoms with Gasteiger partial charge in [-0.1, -0.05) is 0 Å². The van der Waals surface area contributed by atoms with Gasteiger partial charge in [-0.05, 0) is 29.8 Å². The summed E-state index contributed by atoms with van der Waals surface area (Å²) in [4.78, 5) is 13.6. The van der Waals surface area contributed by atoms with Crippen molar-refractivity contribution in [3.8, 4) is 16.9 Å². The Labute approximate surface area is 91.5 Å². The molecule has 0 radical (unpaired) electrons. The number of hydrogen-bond donors (Lipinski definition) is 1. The number of H-pyrrole nitrogens is 1. The minimum Gasteiger partial charge on any atom is -0.497 e. The van der Waals surface area contributed by atoms with Crippen LogP contribution in [0.5, 0.6) is 5.75 Å². The van der Waals surface area contributed by atoms with Crippen LogP contribution in [0.15, 0.2) is 41.3 Å². The van der Waals surface area contributed by atoms with Crippen molar-refractivity contribution in [1.29, 1.82) is 0 Å². The van der Waals surface area contributed by atoms with Crippen molar-refractivity contribution in [1.82, 2.24) is 4.98 Å². The largest absolute Gasteiger partial charge is 0.497 e. The van der Waals surface area contributed by atoms with E-state index in [0.29, 0.717) is 16.9 Å². The molecule has 3 nitrogen and oxygen atoms in total. The van der Waals surface area contributed by atoms with Crippen LogP contribution in [0.4, 0.5) is 4.39 Å². The van der Waals surface area contributed by atoms with Crippen molar-refractivity contribution in [2.45, 2.75) is 0 Å². The second-order valence-electron chi connectivity index (χ2n) is 3.29. The molecule has 1 aromatic carbocycles. The summed E-state index contributed by atoms with van der Waals surface area (Å²) in [5.74, 6) is 0.170. The molecule has 4 heteroatoms. The lowest BCUT2D eigenvalue weighted by Gasteiger charge is -2.05. The molecule has 1 aromatic heterocycles. The van der Waals surface area contributed by atoms with Crippen molar-refractivity contribution in [2.75, 3.05) is 7.11 Å². The minimum absolute atomic E-state index is 0.264. The van der Waals surface area contributed by atoms with Gasteiger partial charge in [-0.25, -0.2) is 4.39 Å². The maximum absolute atomic E-state index is 13.6. The van der Waals surface area contributed by atoms with Crippen molar-refractivity contribution in [2.24, 2.45) is 0 Å². The number of hydrogen-bond acceptors (Lipinski definition) is 2. The average molecular weight is 219 g/mol.